The van der Waals surface area contributed by atoms with Gasteiger partial charge in [-0.15, -0.1) is 0 Å². The van der Waals surface area contributed by atoms with Crippen LogP contribution in [-0.4, -0.2) is 18.8 Å². The number of rotatable bonds is 0. The Kier molecular flexibility index (Phi) is 5.45. The van der Waals surface area contributed by atoms with Crippen molar-refractivity contribution in [3.63, 3.8) is 0 Å². The minimum Gasteiger partial charge on any atom is -0.412 e. The zero-order chi connectivity index (χ0) is 8.48. The molecule has 2 radical (unpaired) electrons. The first-order valence-electron chi connectivity index (χ1n) is 2.93. The largest absolute Gasteiger partial charge is 0.416 e. The van der Waals surface area contributed by atoms with E-state index in [2.05, 4.69) is 0 Å². The molecule has 4 N–H and O–H groups in total. The van der Waals surface area contributed by atoms with Crippen LogP contribution in [0.15, 0.2) is 24.3 Å². The molecule has 0 fully saturated rings. The van der Waals surface area contributed by atoms with Crippen molar-refractivity contribution in [1.29, 1.82) is 0 Å². The van der Waals surface area contributed by atoms with Crippen molar-refractivity contribution in [3.05, 3.63) is 29.8 Å². The monoisotopic (exact) mass is 192 g/mol. The second-order valence-electron chi connectivity index (χ2n) is 2.12. The van der Waals surface area contributed by atoms with E-state index in [1.165, 1.54) is 12.1 Å². The summed E-state index contributed by atoms with van der Waals surface area (Å²) < 4.78 is 35.7. The van der Waals surface area contributed by atoms with Gasteiger partial charge in [-0.1, -0.05) is 29.7 Å². The molecule has 0 aliphatic heterocycles. The Morgan fingerprint density at radius 2 is 1.62 bits per heavy atom. The maximum absolute atomic E-state index is 11.9. The van der Waals surface area contributed by atoms with Crippen molar-refractivity contribution < 1.29 is 24.1 Å². The first-order valence-corrected chi connectivity index (χ1v) is 2.93. The van der Waals surface area contributed by atoms with Crippen molar-refractivity contribution in [1.82, 2.24) is 0 Å². The molecule has 1 aromatic rings. The van der Waals surface area contributed by atoms with Gasteiger partial charge in [0.05, 0.1) is 5.56 Å². The summed E-state index contributed by atoms with van der Waals surface area (Å²) in [5.41, 5.74) is -0.586. The number of halogens is 3. The van der Waals surface area contributed by atoms with E-state index in [0.29, 0.717) is 0 Å². The summed E-state index contributed by atoms with van der Waals surface area (Å²) in [5, 5.41) is 0. The molecule has 1 aromatic carbocycles. The molecule has 0 aliphatic carbocycles. The highest BCUT2D eigenvalue weighted by atomic mass is 19.4. The van der Waals surface area contributed by atoms with Gasteiger partial charge in [-0.05, 0) is 0 Å². The average Bonchev–Trinajstić information content (AvgIpc) is 1.86. The molecule has 0 aliphatic rings. The van der Waals surface area contributed by atoms with Crippen molar-refractivity contribution in [2.24, 2.45) is 0 Å². The highest BCUT2D eigenvalue weighted by molar-refractivity contribution is 6.32. The molecule has 0 unspecified atom stereocenters. The maximum atomic E-state index is 11.9. The fourth-order valence-electron chi connectivity index (χ4n) is 0.715. The second-order valence-corrected chi connectivity index (χ2v) is 2.12. The van der Waals surface area contributed by atoms with Gasteiger partial charge in [0.25, 0.3) is 0 Å². The van der Waals surface area contributed by atoms with E-state index in [4.69, 9.17) is 7.85 Å². The number of hydrogen-bond acceptors (Lipinski definition) is 0. The topological polar surface area (TPSA) is 63.0 Å². The molecule has 0 saturated carbocycles. The van der Waals surface area contributed by atoms with Crippen molar-refractivity contribution >= 4 is 13.3 Å². The molecule has 0 spiro atoms. The molecule has 0 atom stereocenters. The van der Waals surface area contributed by atoms with E-state index < -0.39 is 11.7 Å². The SMILES string of the molecule is O.O.[B]c1cccc(C(F)(F)F)c1. The molecule has 0 amide bonds. The van der Waals surface area contributed by atoms with E-state index >= 15 is 0 Å². The third-order valence-corrected chi connectivity index (χ3v) is 1.21. The normalized spacial score (nSPS) is 9.77. The number of benzene rings is 1. The Balaban J connectivity index is 0. The third kappa shape index (κ3) is 3.96. The Hall–Kier alpha value is -1.01. The molecule has 0 aromatic heterocycles. The summed E-state index contributed by atoms with van der Waals surface area (Å²) in [6.07, 6.45) is -4.30. The second kappa shape index (κ2) is 4.88. The smallest absolute Gasteiger partial charge is 0.412 e. The van der Waals surface area contributed by atoms with Crippen LogP contribution in [0.1, 0.15) is 5.56 Å². The quantitative estimate of drug-likeness (QED) is 0.513. The van der Waals surface area contributed by atoms with Gasteiger partial charge in [-0.2, -0.15) is 13.2 Å². The summed E-state index contributed by atoms with van der Waals surface area (Å²) in [5.74, 6) is 0. The van der Waals surface area contributed by atoms with Crippen LogP contribution in [-0.2, 0) is 6.18 Å². The van der Waals surface area contributed by atoms with Crippen molar-refractivity contribution in [3.8, 4) is 0 Å². The number of alkyl halides is 3. The molecule has 0 heterocycles. The molecule has 13 heavy (non-hydrogen) atoms. The van der Waals surface area contributed by atoms with Gasteiger partial charge in [0.15, 0.2) is 0 Å². The first kappa shape index (κ1) is 14.5. The highest BCUT2D eigenvalue weighted by Gasteiger charge is 2.29. The van der Waals surface area contributed by atoms with Gasteiger partial charge in [0, 0.05) is 0 Å². The molecule has 1 rings (SSSR count). The molecule has 72 valence electrons. The summed E-state index contributed by atoms with van der Waals surface area (Å²) in [6, 6.07) is 4.57. The van der Waals surface area contributed by atoms with Crippen LogP contribution in [0.2, 0.25) is 0 Å². The van der Waals surface area contributed by atoms with Gasteiger partial charge < -0.3 is 11.0 Å². The first-order chi connectivity index (χ1) is 5.00. The van der Waals surface area contributed by atoms with E-state index in [-0.39, 0.29) is 16.4 Å². The van der Waals surface area contributed by atoms with E-state index in [1.807, 2.05) is 0 Å². The lowest BCUT2D eigenvalue weighted by Crippen LogP contribution is -2.10. The lowest BCUT2D eigenvalue weighted by molar-refractivity contribution is -0.137. The number of hydrogen-bond donors (Lipinski definition) is 0. The van der Waals surface area contributed by atoms with Crippen molar-refractivity contribution in [2.75, 3.05) is 0 Å². The Morgan fingerprint density at radius 1 is 1.08 bits per heavy atom. The van der Waals surface area contributed by atoms with Gasteiger partial charge >= 0.3 is 6.18 Å². The van der Waals surface area contributed by atoms with Crippen LogP contribution in [0, 0.1) is 0 Å². The zero-order valence-electron chi connectivity index (χ0n) is 6.52. The Bertz CT molecular complexity index is 262. The van der Waals surface area contributed by atoms with Crippen LogP contribution in [0.3, 0.4) is 0 Å². The summed E-state index contributed by atoms with van der Waals surface area (Å²) in [6.45, 7) is 0. The summed E-state index contributed by atoms with van der Waals surface area (Å²) >= 11 is 0. The fourth-order valence-corrected chi connectivity index (χ4v) is 0.715. The predicted octanol–water partition coefficient (Wildman–Crippen LogP) is -0.150. The molecule has 6 heteroatoms. The van der Waals surface area contributed by atoms with Gasteiger partial charge in [0.2, 0.25) is 0 Å². The lowest BCUT2D eigenvalue weighted by Gasteiger charge is -2.06. The Labute approximate surface area is 74.4 Å². The average molecular weight is 192 g/mol. The van der Waals surface area contributed by atoms with Crippen LogP contribution in [0.5, 0.6) is 0 Å². The van der Waals surface area contributed by atoms with Gasteiger partial charge in [-0.25, -0.2) is 0 Å². The van der Waals surface area contributed by atoms with E-state index in [1.54, 1.807) is 0 Å². The predicted molar refractivity (Wildman–Crippen MR) is 44.1 cm³/mol. The van der Waals surface area contributed by atoms with E-state index in [9.17, 15) is 13.2 Å². The molecular formula is C7H8BF3O2. The van der Waals surface area contributed by atoms with Crippen LogP contribution < -0.4 is 5.46 Å². The molecular weight excluding hydrogens is 184 g/mol. The van der Waals surface area contributed by atoms with Crippen LogP contribution in [0.4, 0.5) is 13.2 Å². The summed E-state index contributed by atoms with van der Waals surface area (Å²) in [7, 11) is 5.16. The maximum Gasteiger partial charge on any atom is 0.416 e. The molecule has 2 nitrogen and oxygen atoms in total. The summed E-state index contributed by atoms with van der Waals surface area (Å²) in [4.78, 5) is 0. The Morgan fingerprint density at radius 3 is 1.92 bits per heavy atom. The van der Waals surface area contributed by atoms with Crippen LogP contribution >= 0.6 is 0 Å². The zero-order valence-corrected chi connectivity index (χ0v) is 6.52. The standard InChI is InChI=1S/C7H4BF3.2H2O/c8-6-3-1-2-5(4-6)7(9,10)11;;/h1-4H;2*1H2. The minimum absolute atomic E-state index is 0. The fraction of sp³-hybridized carbons (Fsp3) is 0.143. The molecule has 0 saturated heterocycles. The van der Waals surface area contributed by atoms with Crippen molar-refractivity contribution in [2.45, 2.75) is 6.18 Å². The van der Waals surface area contributed by atoms with Gasteiger partial charge in [-0.3, -0.25) is 0 Å². The minimum atomic E-state index is -4.30. The van der Waals surface area contributed by atoms with Crippen LogP contribution in [0.25, 0.3) is 0 Å². The molecule has 0 bridgehead atoms. The van der Waals surface area contributed by atoms with Gasteiger partial charge in [0.1, 0.15) is 7.85 Å². The van der Waals surface area contributed by atoms with E-state index in [0.717, 1.165) is 12.1 Å². The third-order valence-electron chi connectivity index (χ3n) is 1.21. The highest BCUT2D eigenvalue weighted by Crippen LogP contribution is 2.27. The lowest BCUT2D eigenvalue weighted by atomic mass is 9.94.